The topological polar surface area (TPSA) is 279 Å². The number of alkyl halides is 12. The van der Waals surface area contributed by atoms with Gasteiger partial charge in [0.2, 0.25) is 10.8 Å². The van der Waals surface area contributed by atoms with Crippen molar-refractivity contribution in [2.75, 3.05) is 0 Å². The van der Waals surface area contributed by atoms with E-state index in [1.165, 1.54) is 13.8 Å². The molecule has 0 atom stereocenters. The zero-order chi connectivity index (χ0) is 54.3. The fourth-order valence-corrected chi connectivity index (χ4v) is 7.28. The van der Waals surface area contributed by atoms with Gasteiger partial charge in [-0.1, -0.05) is 36.4 Å². The Bertz CT molecular complexity index is 2930. The van der Waals surface area contributed by atoms with Gasteiger partial charge in [0.25, 0.3) is 0 Å². The van der Waals surface area contributed by atoms with Gasteiger partial charge >= 0.3 is 84.4 Å². The van der Waals surface area contributed by atoms with Crippen LogP contribution in [0.5, 0.6) is 0 Å². The van der Waals surface area contributed by atoms with E-state index in [-0.39, 0.29) is 30.3 Å². The molecule has 0 aromatic heterocycles. The maximum absolute atomic E-state index is 14.3. The van der Waals surface area contributed by atoms with Gasteiger partial charge in [-0.25, -0.2) is 38.4 Å². The summed E-state index contributed by atoms with van der Waals surface area (Å²) in [7, 11) is 0. The van der Waals surface area contributed by atoms with Gasteiger partial charge < -0.3 is 34.6 Å². The number of carboxylic acids is 4. The van der Waals surface area contributed by atoms with Crippen LogP contribution in [0.1, 0.15) is 119 Å². The molecule has 4 aromatic rings. The molecular formula is C42H22F12O17. The van der Waals surface area contributed by atoms with E-state index < -0.39 is 162 Å². The van der Waals surface area contributed by atoms with E-state index in [1.807, 2.05) is 0 Å². The molecule has 2 heterocycles. The van der Waals surface area contributed by atoms with Crippen molar-refractivity contribution in [3.8, 4) is 0 Å². The van der Waals surface area contributed by atoms with Gasteiger partial charge in [-0.05, 0) is 58.7 Å². The van der Waals surface area contributed by atoms with Crippen LogP contribution in [0.25, 0.3) is 0 Å². The van der Waals surface area contributed by atoms with Gasteiger partial charge in [0.05, 0.1) is 44.5 Å². The first-order valence-electron chi connectivity index (χ1n) is 18.4. The molecule has 4 N–H and O–H groups in total. The SMILES string of the molecule is CC(=O)OC(C)=O.O=C(O)c1ccc(C(c2cccc(C(=O)O)c2C(=O)O)(C(F)(F)F)C(F)(F)F)cc1C(=O)O.O=C1OC(=O)c2cc(C(c3cccc4c3C(=O)OC4=O)(C(F)(F)F)C(F)(F)F)ccc21. The normalized spacial score (nSPS) is 13.5. The van der Waals surface area contributed by atoms with Crippen molar-refractivity contribution in [1.29, 1.82) is 0 Å². The zero-order valence-corrected chi connectivity index (χ0v) is 34.6. The summed E-state index contributed by atoms with van der Waals surface area (Å²) in [4.78, 5) is 112. The van der Waals surface area contributed by atoms with E-state index in [0.29, 0.717) is 30.3 Å². The molecule has 17 nitrogen and oxygen atoms in total. The number of hydrogen-bond acceptors (Lipinski definition) is 13. The molecule has 6 rings (SSSR count). The predicted octanol–water partition coefficient (Wildman–Crippen LogP) is 7.70. The van der Waals surface area contributed by atoms with Crippen LogP contribution in [0, 0.1) is 0 Å². The Balaban J connectivity index is 0.000000272. The highest BCUT2D eigenvalue weighted by atomic mass is 19.4. The number of ether oxygens (including phenoxy) is 3. The number of esters is 6. The largest absolute Gasteiger partial charge is 0.478 e. The molecule has 376 valence electrons. The average molecular weight is 1030 g/mol. The molecule has 2 aliphatic heterocycles. The summed E-state index contributed by atoms with van der Waals surface area (Å²) in [5, 5.41) is 36.6. The van der Waals surface area contributed by atoms with Crippen molar-refractivity contribution in [2.24, 2.45) is 0 Å². The molecule has 71 heavy (non-hydrogen) atoms. The minimum absolute atomic E-state index is 0.0376. The minimum Gasteiger partial charge on any atom is -0.478 e. The molecule has 2 aliphatic rings. The smallest absolute Gasteiger partial charge is 0.411 e. The van der Waals surface area contributed by atoms with Crippen LogP contribution in [0.3, 0.4) is 0 Å². The Morgan fingerprint density at radius 1 is 0.437 bits per heavy atom. The number of cyclic esters (lactones) is 4. The maximum atomic E-state index is 14.3. The Morgan fingerprint density at radius 2 is 0.845 bits per heavy atom. The number of halogens is 12. The van der Waals surface area contributed by atoms with E-state index in [4.69, 9.17) is 15.3 Å². The fourth-order valence-electron chi connectivity index (χ4n) is 7.28. The summed E-state index contributed by atoms with van der Waals surface area (Å²) in [5.41, 5.74) is -26.2. The molecular weight excluding hydrogens is 1000 g/mol. The maximum Gasteiger partial charge on any atom is 0.411 e. The first-order valence-corrected chi connectivity index (χ1v) is 18.4. The second-order valence-corrected chi connectivity index (χ2v) is 14.1. The van der Waals surface area contributed by atoms with Gasteiger partial charge in [0.1, 0.15) is 0 Å². The number of fused-ring (bicyclic) bond motifs is 2. The van der Waals surface area contributed by atoms with Crippen molar-refractivity contribution in [1.82, 2.24) is 0 Å². The van der Waals surface area contributed by atoms with Crippen molar-refractivity contribution >= 4 is 59.7 Å². The third-order valence-corrected chi connectivity index (χ3v) is 9.97. The molecule has 0 fully saturated rings. The third-order valence-electron chi connectivity index (χ3n) is 9.97. The first kappa shape index (κ1) is 54.9. The highest BCUT2D eigenvalue weighted by Crippen LogP contribution is 2.59. The predicted molar refractivity (Wildman–Crippen MR) is 201 cm³/mol. The zero-order valence-electron chi connectivity index (χ0n) is 34.6. The van der Waals surface area contributed by atoms with Crippen LogP contribution in [0.2, 0.25) is 0 Å². The molecule has 0 unspecified atom stereocenters. The number of hydrogen-bond donors (Lipinski definition) is 4. The number of benzene rings is 4. The second kappa shape index (κ2) is 19.0. The lowest BCUT2D eigenvalue weighted by Crippen LogP contribution is -2.55. The quantitative estimate of drug-likeness (QED) is 0.0569. The number of aromatic carboxylic acids is 4. The minimum atomic E-state index is -6.40. The van der Waals surface area contributed by atoms with E-state index in [9.17, 15) is 106 Å². The van der Waals surface area contributed by atoms with E-state index in [2.05, 4.69) is 14.2 Å². The van der Waals surface area contributed by atoms with Gasteiger partial charge in [-0.3, -0.25) is 9.59 Å². The van der Waals surface area contributed by atoms with Crippen molar-refractivity contribution in [3.05, 3.63) is 140 Å². The Morgan fingerprint density at radius 3 is 1.30 bits per heavy atom. The second-order valence-electron chi connectivity index (χ2n) is 14.1. The van der Waals surface area contributed by atoms with Crippen LogP contribution in [-0.4, -0.2) is 105 Å². The van der Waals surface area contributed by atoms with Gasteiger partial charge in [-0.2, -0.15) is 52.7 Å². The lowest BCUT2D eigenvalue weighted by molar-refractivity contribution is -0.290. The highest BCUT2D eigenvalue weighted by molar-refractivity contribution is 6.16. The molecule has 0 amide bonds. The summed E-state index contributed by atoms with van der Waals surface area (Å²) < 4.78 is 184. The molecule has 29 heteroatoms. The average Bonchev–Trinajstić information content (AvgIpc) is 3.67. The summed E-state index contributed by atoms with van der Waals surface area (Å²) in [6.07, 6.45) is -25.0. The van der Waals surface area contributed by atoms with Crippen LogP contribution in [0.15, 0.2) is 72.8 Å². The molecule has 0 aliphatic carbocycles. The Labute approximate surface area is 383 Å². The Hall–Kier alpha value is -8.66. The lowest BCUT2D eigenvalue weighted by atomic mass is 9.70. The number of carbonyl (C=O) groups is 10. The first-order chi connectivity index (χ1) is 32.4. The van der Waals surface area contributed by atoms with E-state index >= 15 is 0 Å². The van der Waals surface area contributed by atoms with E-state index in [1.54, 1.807) is 0 Å². The van der Waals surface area contributed by atoms with Crippen LogP contribution in [-0.2, 0) is 34.6 Å². The summed E-state index contributed by atoms with van der Waals surface area (Å²) in [6.45, 7) is 2.36. The van der Waals surface area contributed by atoms with Gasteiger partial charge in [0, 0.05) is 13.8 Å². The molecule has 4 aromatic carbocycles. The third kappa shape index (κ3) is 9.68. The fraction of sp³-hybridized carbons (Fsp3) is 0.190. The van der Waals surface area contributed by atoms with Gasteiger partial charge in [-0.15, -0.1) is 0 Å². The molecule has 0 saturated heterocycles. The summed E-state index contributed by atoms with van der Waals surface area (Å²) >= 11 is 0. The monoisotopic (exact) mass is 1030 g/mol. The van der Waals surface area contributed by atoms with Crippen molar-refractivity contribution < 1.29 is 135 Å². The molecule has 0 bridgehead atoms. The Kier molecular flexibility index (Phi) is 14.7. The lowest BCUT2D eigenvalue weighted by Gasteiger charge is -2.39. The molecule has 0 saturated carbocycles. The van der Waals surface area contributed by atoms with Crippen LogP contribution < -0.4 is 0 Å². The van der Waals surface area contributed by atoms with Gasteiger partial charge in [0.15, 0.2) is 0 Å². The molecule has 0 radical (unpaired) electrons. The van der Waals surface area contributed by atoms with E-state index in [0.717, 1.165) is 12.1 Å². The van der Waals surface area contributed by atoms with Crippen molar-refractivity contribution in [3.63, 3.8) is 0 Å². The summed E-state index contributed by atoms with van der Waals surface area (Å²) in [5.74, 6) is -15.6. The van der Waals surface area contributed by atoms with Crippen molar-refractivity contribution in [2.45, 2.75) is 49.4 Å². The number of rotatable bonds is 8. The number of carbonyl (C=O) groups excluding carboxylic acids is 6. The highest BCUT2D eigenvalue weighted by Gasteiger charge is 2.75. The number of carboxylic acid groups (broad SMARTS) is 4. The molecule has 0 spiro atoms. The van der Waals surface area contributed by atoms with Crippen LogP contribution in [0.4, 0.5) is 52.7 Å². The van der Waals surface area contributed by atoms with Crippen LogP contribution >= 0.6 is 0 Å². The summed E-state index contributed by atoms with van der Waals surface area (Å²) in [6, 6.07) is 4.26. The standard InChI is InChI=1S/C19H10F6O8.C19H6F6O6.C4H6O3/c20-18(21,22)17(19(23,24)25,7-4-5-8(13(26)27)10(6-7)15(30)31)11-3-1-2-9(14(28)29)12(11)16(32)33;20-18(21,22)17(19(23,24)25,7-4-5-8-10(6-7)15(28)30-13(8)26)11-3-1-2-9-12(11)16(29)31-14(9)27;1-3(5)7-4(2)6/h1-6H,(H,26,27)(H,28,29)(H,30,31)(H,32,33);1-6H;1-2H3.